The summed E-state index contributed by atoms with van der Waals surface area (Å²) in [5, 5.41) is 0. The van der Waals surface area contributed by atoms with Gasteiger partial charge in [-0.3, -0.25) is 0 Å². The summed E-state index contributed by atoms with van der Waals surface area (Å²) in [6, 6.07) is 13.1. The predicted octanol–water partition coefficient (Wildman–Crippen LogP) is 3.22. The van der Waals surface area contributed by atoms with E-state index in [1.165, 1.54) is 0 Å². The number of anilines is 1. The number of methoxy groups -OCH3 is 2. The molecule has 2 aromatic rings. The van der Waals surface area contributed by atoms with E-state index in [2.05, 4.69) is 0 Å². The largest absolute Gasteiger partial charge is 0.494 e. The van der Waals surface area contributed by atoms with Gasteiger partial charge in [-0.2, -0.15) is 0 Å². The van der Waals surface area contributed by atoms with E-state index in [4.69, 9.17) is 19.9 Å². The first-order chi connectivity index (χ1) is 9.24. The van der Waals surface area contributed by atoms with Crippen LogP contribution in [0.1, 0.15) is 5.56 Å². The van der Waals surface area contributed by atoms with E-state index < -0.39 is 0 Å². The van der Waals surface area contributed by atoms with Gasteiger partial charge in [0.05, 0.1) is 13.7 Å². The SMILES string of the molecule is COCc1cccc(Oc2cccc(OC)c2N)c1. The Bertz CT molecular complexity index is 555. The summed E-state index contributed by atoms with van der Waals surface area (Å²) in [5.41, 5.74) is 7.49. The molecule has 2 aromatic carbocycles. The molecule has 2 rings (SSSR count). The van der Waals surface area contributed by atoms with Crippen molar-refractivity contribution >= 4 is 5.69 Å². The van der Waals surface area contributed by atoms with E-state index in [1.54, 1.807) is 26.4 Å². The van der Waals surface area contributed by atoms with Crippen molar-refractivity contribution in [3.05, 3.63) is 48.0 Å². The molecule has 4 nitrogen and oxygen atoms in total. The van der Waals surface area contributed by atoms with Crippen LogP contribution in [-0.2, 0) is 11.3 Å². The van der Waals surface area contributed by atoms with E-state index in [-0.39, 0.29) is 0 Å². The van der Waals surface area contributed by atoms with Gasteiger partial charge in [-0.15, -0.1) is 0 Å². The average molecular weight is 259 g/mol. The quantitative estimate of drug-likeness (QED) is 0.838. The second-order valence-electron chi connectivity index (χ2n) is 4.05. The highest BCUT2D eigenvalue weighted by molar-refractivity contribution is 5.63. The lowest BCUT2D eigenvalue weighted by molar-refractivity contribution is 0.184. The van der Waals surface area contributed by atoms with E-state index in [9.17, 15) is 0 Å². The van der Waals surface area contributed by atoms with Crippen LogP contribution in [0.15, 0.2) is 42.5 Å². The van der Waals surface area contributed by atoms with E-state index in [0.29, 0.717) is 23.8 Å². The minimum Gasteiger partial charge on any atom is -0.494 e. The van der Waals surface area contributed by atoms with Gasteiger partial charge in [0.2, 0.25) is 0 Å². The average Bonchev–Trinajstić information content (AvgIpc) is 2.42. The number of rotatable bonds is 5. The lowest BCUT2D eigenvalue weighted by atomic mass is 10.2. The molecule has 0 aliphatic carbocycles. The third-order valence-corrected chi connectivity index (χ3v) is 2.68. The maximum atomic E-state index is 5.96. The summed E-state index contributed by atoms with van der Waals surface area (Å²) < 4.78 is 16.0. The molecule has 0 amide bonds. The van der Waals surface area contributed by atoms with Crippen molar-refractivity contribution < 1.29 is 14.2 Å². The Morgan fingerprint density at radius 3 is 2.47 bits per heavy atom. The van der Waals surface area contributed by atoms with Crippen molar-refractivity contribution in [3.63, 3.8) is 0 Å². The molecular weight excluding hydrogens is 242 g/mol. The smallest absolute Gasteiger partial charge is 0.154 e. The van der Waals surface area contributed by atoms with Gasteiger partial charge in [0.25, 0.3) is 0 Å². The number of para-hydroxylation sites is 1. The first-order valence-electron chi connectivity index (χ1n) is 5.93. The second-order valence-corrected chi connectivity index (χ2v) is 4.05. The van der Waals surface area contributed by atoms with Gasteiger partial charge in [-0.1, -0.05) is 18.2 Å². The van der Waals surface area contributed by atoms with Crippen LogP contribution in [0.4, 0.5) is 5.69 Å². The Labute approximate surface area is 112 Å². The van der Waals surface area contributed by atoms with Crippen LogP contribution in [0.3, 0.4) is 0 Å². The van der Waals surface area contributed by atoms with Gasteiger partial charge < -0.3 is 19.9 Å². The molecule has 0 atom stereocenters. The summed E-state index contributed by atoms with van der Waals surface area (Å²) >= 11 is 0. The highest BCUT2D eigenvalue weighted by Gasteiger charge is 2.07. The van der Waals surface area contributed by atoms with Crippen molar-refractivity contribution in [1.82, 2.24) is 0 Å². The lowest BCUT2D eigenvalue weighted by Crippen LogP contribution is -1.96. The van der Waals surface area contributed by atoms with E-state index in [0.717, 1.165) is 11.3 Å². The summed E-state index contributed by atoms with van der Waals surface area (Å²) in [7, 11) is 3.24. The normalized spacial score (nSPS) is 10.2. The number of ether oxygens (including phenoxy) is 3. The molecule has 0 saturated carbocycles. The molecule has 0 heterocycles. The molecule has 0 bridgehead atoms. The third kappa shape index (κ3) is 3.17. The fourth-order valence-corrected chi connectivity index (χ4v) is 1.78. The minimum atomic E-state index is 0.488. The summed E-state index contributed by atoms with van der Waals surface area (Å²) in [5.74, 6) is 1.90. The molecular formula is C15H17NO3. The van der Waals surface area contributed by atoms with Gasteiger partial charge >= 0.3 is 0 Å². The Kier molecular flexibility index (Phi) is 4.26. The van der Waals surface area contributed by atoms with Crippen LogP contribution >= 0.6 is 0 Å². The molecule has 4 heteroatoms. The topological polar surface area (TPSA) is 53.7 Å². The summed E-state index contributed by atoms with van der Waals surface area (Å²) in [6.07, 6.45) is 0. The highest BCUT2D eigenvalue weighted by Crippen LogP contribution is 2.34. The summed E-state index contributed by atoms with van der Waals surface area (Å²) in [4.78, 5) is 0. The van der Waals surface area contributed by atoms with Crippen molar-refractivity contribution in [2.45, 2.75) is 6.61 Å². The fourth-order valence-electron chi connectivity index (χ4n) is 1.78. The number of hydrogen-bond donors (Lipinski definition) is 1. The van der Waals surface area contributed by atoms with Gasteiger partial charge in [0, 0.05) is 7.11 Å². The van der Waals surface area contributed by atoms with E-state index in [1.807, 2.05) is 30.3 Å². The molecule has 0 aromatic heterocycles. The molecule has 19 heavy (non-hydrogen) atoms. The maximum Gasteiger partial charge on any atom is 0.154 e. The van der Waals surface area contributed by atoms with Crippen molar-refractivity contribution in [3.8, 4) is 17.2 Å². The van der Waals surface area contributed by atoms with Crippen LogP contribution in [0.2, 0.25) is 0 Å². The zero-order chi connectivity index (χ0) is 13.7. The van der Waals surface area contributed by atoms with Gasteiger partial charge in [0.1, 0.15) is 17.2 Å². The molecule has 0 fully saturated rings. The van der Waals surface area contributed by atoms with E-state index >= 15 is 0 Å². The number of nitrogens with two attached hydrogens (primary N) is 1. The number of nitrogen functional groups attached to an aromatic ring is 1. The Morgan fingerprint density at radius 2 is 1.74 bits per heavy atom. The molecule has 2 N–H and O–H groups in total. The third-order valence-electron chi connectivity index (χ3n) is 2.68. The minimum absolute atomic E-state index is 0.488. The van der Waals surface area contributed by atoms with Crippen LogP contribution < -0.4 is 15.2 Å². The van der Waals surface area contributed by atoms with Gasteiger partial charge in [0.15, 0.2) is 5.75 Å². The predicted molar refractivity (Wildman–Crippen MR) is 74.6 cm³/mol. The van der Waals surface area contributed by atoms with Gasteiger partial charge in [-0.05, 0) is 29.8 Å². The van der Waals surface area contributed by atoms with Crippen LogP contribution in [-0.4, -0.2) is 14.2 Å². The molecule has 0 aliphatic heterocycles. The second kappa shape index (κ2) is 6.11. The van der Waals surface area contributed by atoms with Crippen molar-refractivity contribution in [2.75, 3.05) is 20.0 Å². The van der Waals surface area contributed by atoms with Crippen LogP contribution in [0, 0.1) is 0 Å². The Morgan fingerprint density at radius 1 is 1.00 bits per heavy atom. The molecule has 0 radical (unpaired) electrons. The fraction of sp³-hybridized carbons (Fsp3) is 0.200. The molecule has 100 valence electrons. The van der Waals surface area contributed by atoms with Crippen molar-refractivity contribution in [2.24, 2.45) is 0 Å². The zero-order valence-electron chi connectivity index (χ0n) is 11.1. The molecule has 0 saturated heterocycles. The highest BCUT2D eigenvalue weighted by atomic mass is 16.5. The Hall–Kier alpha value is -2.20. The van der Waals surface area contributed by atoms with Gasteiger partial charge in [-0.25, -0.2) is 0 Å². The number of hydrogen-bond acceptors (Lipinski definition) is 4. The maximum absolute atomic E-state index is 5.96. The van der Waals surface area contributed by atoms with Crippen LogP contribution in [0.25, 0.3) is 0 Å². The van der Waals surface area contributed by atoms with Crippen molar-refractivity contribution in [1.29, 1.82) is 0 Å². The monoisotopic (exact) mass is 259 g/mol. The molecule has 0 spiro atoms. The summed E-state index contributed by atoms with van der Waals surface area (Å²) in [6.45, 7) is 0.546. The standard InChI is InChI=1S/C15H17NO3/c1-17-10-11-5-3-6-12(9-11)19-14-8-4-7-13(18-2)15(14)16/h3-9H,10,16H2,1-2H3. The molecule has 0 aliphatic rings. The number of benzene rings is 2. The Balaban J connectivity index is 2.23. The molecule has 0 unspecified atom stereocenters. The first kappa shape index (κ1) is 13.2. The van der Waals surface area contributed by atoms with Crippen LogP contribution in [0.5, 0.6) is 17.2 Å². The lowest BCUT2D eigenvalue weighted by Gasteiger charge is -2.12. The first-order valence-corrected chi connectivity index (χ1v) is 5.93. The zero-order valence-corrected chi connectivity index (χ0v) is 11.1.